The lowest BCUT2D eigenvalue weighted by atomic mass is 9.99. The van der Waals surface area contributed by atoms with Gasteiger partial charge in [0, 0.05) is 9.13 Å². The Bertz CT molecular complexity index is 599. The van der Waals surface area contributed by atoms with Crippen molar-refractivity contribution < 1.29 is 14.2 Å². The summed E-state index contributed by atoms with van der Waals surface area (Å²) in [6.07, 6.45) is -0.831. The minimum atomic E-state index is -0.831. The largest absolute Gasteiger partial charge is 0.496 e. The predicted octanol–water partition coefficient (Wildman–Crippen LogP) is 3.83. The van der Waals surface area contributed by atoms with E-state index in [4.69, 9.17) is 4.74 Å². The minimum Gasteiger partial charge on any atom is -0.496 e. The molecule has 0 radical (unpaired) electrons. The third-order valence-electron chi connectivity index (χ3n) is 2.94. The van der Waals surface area contributed by atoms with E-state index in [1.807, 2.05) is 47.7 Å². The number of aliphatic hydroxyl groups excluding tert-OH is 1. The van der Waals surface area contributed by atoms with Crippen molar-refractivity contribution in [3.05, 3.63) is 62.5 Å². The fourth-order valence-corrected chi connectivity index (χ4v) is 2.73. The van der Waals surface area contributed by atoms with Crippen molar-refractivity contribution in [1.82, 2.24) is 0 Å². The third-order valence-corrected chi connectivity index (χ3v) is 3.87. The summed E-state index contributed by atoms with van der Waals surface area (Å²) in [5, 5.41) is 10.5. The summed E-state index contributed by atoms with van der Waals surface area (Å²) in [4.78, 5) is 0. The zero-order chi connectivity index (χ0) is 14.0. The molecule has 2 aromatic carbocycles. The van der Waals surface area contributed by atoms with Crippen molar-refractivity contribution in [2.45, 2.75) is 13.0 Å². The molecule has 0 bridgehead atoms. The molecule has 0 heterocycles. The number of aliphatic hydroxyl groups is 1. The van der Waals surface area contributed by atoms with E-state index in [1.165, 1.54) is 12.1 Å². The van der Waals surface area contributed by atoms with Gasteiger partial charge in [0.25, 0.3) is 0 Å². The molecule has 0 aliphatic heterocycles. The highest BCUT2D eigenvalue weighted by Gasteiger charge is 2.18. The van der Waals surface area contributed by atoms with Crippen molar-refractivity contribution in [2.75, 3.05) is 7.11 Å². The molecule has 1 unspecified atom stereocenters. The molecule has 0 spiro atoms. The molecule has 0 aliphatic carbocycles. The van der Waals surface area contributed by atoms with Gasteiger partial charge in [-0.3, -0.25) is 0 Å². The van der Waals surface area contributed by atoms with Crippen LogP contribution in [0.15, 0.2) is 36.4 Å². The second-order valence-electron chi connectivity index (χ2n) is 4.31. The lowest BCUT2D eigenvalue weighted by Gasteiger charge is -2.17. The summed E-state index contributed by atoms with van der Waals surface area (Å²) in [6, 6.07) is 9.98. The first-order valence-corrected chi connectivity index (χ1v) is 6.88. The van der Waals surface area contributed by atoms with E-state index in [-0.39, 0.29) is 5.82 Å². The highest BCUT2D eigenvalue weighted by atomic mass is 127. The van der Waals surface area contributed by atoms with Crippen LogP contribution in [0, 0.1) is 16.3 Å². The Balaban J connectivity index is 2.49. The topological polar surface area (TPSA) is 29.5 Å². The smallest absolute Gasteiger partial charge is 0.125 e. The molecule has 100 valence electrons. The molecule has 0 fully saturated rings. The summed E-state index contributed by atoms with van der Waals surface area (Å²) in [5.41, 5.74) is 2.39. The van der Waals surface area contributed by atoms with E-state index < -0.39 is 6.10 Å². The fourth-order valence-electron chi connectivity index (χ4n) is 1.96. The van der Waals surface area contributed by atoms with Gasteiger partial charge in [0.2, 0.25) is 0 Å². The highest BCUT2D eigenvalue weighted by molar-refractivity contribution is 14.1. The van der Waals surface area contributed by atoms with E-state index in [9.17, 15) is 9.50 Å². The Morgan fingerprint density at radius 3 is 2.53 bits per heavy atom. The van der Waals surface area contributed by atoms with Crippen LogP contribution in [0.2, 0.25) is 0 Å². The van der Waals surface area contributed by atoms with Crippen LogP contribution in [-0.2, 0) is 0 Å². The molecule has 0 saturated heterocycles. The van der Waals surface area contributed by atoms with Crippen molar-refractivity contribution in [3.8, 4) is 5.75 Å². The molecule has 2 rings (SSSR count). The molecular weight excluding hydrogens is 358 g/mol. The fraction of sp³-hybridized carbons (Fsp3) is 0.200. The Morgan fingerprint density at radius 1 is 1.16 bits per heavy atom. The van der Waals surface area contributed by atoms with Gasteiger partial charge < -0.3 is 9.84 Å². The van der Waals surface area contributed by atoms with E-state index in [1.54, 1.807) is 13.2 Å². The molecule has 4 heteroatoms. The standard InChI is InChI=1S/C15H14FIO2/c1-9-3-6-14(19-2)12(7-9)15(18)11-5-4-10(16)8-13(11)17/h3-8,15,18H,1-2H3. The van der Waals surface area contributed by atoms with Crippen molar-refractivity contribution in [3.63, 3.8) is 0 Å². The zero-order valence-corrected chi connectivity index (χ0v) is 12.8. The first kappa shape index (κ1) is 14.3. The van der Waals surface area contributed by atoms with Gasteiger partial charge in [0.15, 0.2) is 0 Å². The van der Waals surface area contributed by atoms with Gasteiger partial charge in [-0.2, -0.15) is 0 Å². The summed E-state index contributed by atoms with van der Waals surface area (Å²) >= 11 is 2.02. The molecule has 0 aliphatic rings. The van der Waals surface area contributed by atoms with Gasteiger partial charge in [-0.1, -0.05) is 17.7 Å². The van der Waals surface area contributed by atoms with Crippen molar-refractivity contribution in [1.29, 1.82) is 0 Å². The van der Waals surface area contributed by atoms with Crippen LogP contribution in [-0.4, -0.2) is 12.2 Å². The normalized spacial score (nSPS) is 12.3. The van der Waals surface area contributed by atoms with E-state index in [0.717, 1.165) is 5.56 Å². The molecule has 2 aromatic rings. The van der Waals surface area contributed by atoms with Crippen LogP contribution in [0.3, 0.4) is 0 Å². The second-order valence-corrected chi connectivity index (χ2v) is 5.48. The van der Waals surface area contributed by atoms with E-state index >= 15 is 0 Å². The highest BCUT2D eigenvalue weighted by Crippen LogP contribution is 2.33. The molecule has 1 N–H and O–H groups in total. The minimum absolute atomic E-state index is 0.309. The van der Waals surface area contributed by atoms with Gasteiger partial charge in [0.1, 0.15) is 17.7 Å². The van der Waals surface area contributed by atoms with Gasteiger partial charge in [-0.05, 0) is 59.3 Å². The zero-order valence-electron chi connectivity index (χ0n) is 10.7. The van der Waals surface area contributed by atoms with Crippen molar-refractivity contribution in [2.24, 2.45) is 0 Å². The molecule has 0 saturated carbocycles. The Kier molecular flexibility index (Phi) is 4.42. The number of hydrogen-bond donors (Lipinski definition) is 1. The Labute approximate surface area is 125 Å². The number of aryl methyl sites for hydroxylation is 1. The first-order chi connectivity index (χ1) is 9.02. The van der Waals surface area contributed by atoms with Crippen LogP contribution in [0.1, 0.15) is 22.8 Å². The van der Waals surface area contributed by atoms with E-state index in [0.29, 0.717) is 20.4 Å². The van der Waals surface area contributed by atoms with Crippen LogP contribution in [0.4, 0.5) is 4.39 Å². The second kappa shape index (κ2) is 5.88. The summed E-state index contributed by atoms with van der Waals surface area (Å²) in [5.74, 6) is 0.315. The van der Waals surface area contributed by atoms with Gasteiger partial charge >= 0.3 is 0 Å². The molecular formula is C15H14FIO2. The average molecular weight is 372 g/mol. The molecule has 0 aromatic heterocycles. The quantitative estimate of drug-likeness (QED) is 0.830. The Morgan fingerprint density at radius 2 is 1.89 bits per heavy atom. The third kappa shape index (κ3) is 3.06. The maximum Gasteiger partial charge on any atom is 0.125 e. The Hall–Kier alpha value is -1.14. The number of hydrogen-bond acceptors (Lipinski definition) is 2. The van der Waals surface area contributed by atoms with Crippen LogP contribution in [0.5, 0.6) is 5.75 Å². The summed E-state index contributed by atoms with van der Waals surface area (Å²) < 4.78 is 19.1. The first-order valence-electron chi connectivity index (χ1n) is 5.80. The molecule has 0 amide bonds. The SMILES string of the molecule is COc1ccc(C)cc1C(O)c1ccc(F)cc1I. The van der Waals surface area contributed by atoms with Crippen molar-refractivity contribution >= 4 is 22.6 Å². The predicted molar refractivity (Wildman–Crippen MR) is 80.9 cm³/mol. The summed E-state index contributed by atoms with van der Waals surface area (Å²) in [6.45, 7) is 1.95. The number of ether oxygens (including phenoxy) is 1. The van der Waals surface area contributed by atoms with Gasteiger partial charge in [-0.15, -0.1) is 0 Å². The lowest BCUT2D eigenvalue weighted by molar-refractivity contribution is 0.213. The maximum atomic E-state index is 13.1. The van der Waals surface area contributed by atoms with Gasteiger partial charge in [0.05, 0.1) is 7.11 Å². The number of methoxy groups -OCH3 is 1. The summed E-state index contributed by atoms with van der Waals surface area (Å²) in [7, 11) is 1.57. The maximum absolute atomic E-state index is 13.1. The van der Waals surface area contributed by atoms with Gasteiger partial charge in [-0.25, -0.2) is 4.39 Å². The number of benzene rings is 2. The molecule has 19 heavy (non-hydrogen) atoms. The average Bonchev–Trinajstić information content (AvgIpc) is 2.38. The molecule has 2 nitrogen and oxygen atoms in total. The van der Waals surface area contributed by atoms with Crippen LogP contribution in [0.25, 0.3) is 0 Å². The van der Waals surface area contributed by atoms with E-state index in [2.05, 4.69) is 0 Å². The van der Waals surface area contributed by atoms with Crippen LogP contribution < -0.4 is 4.74 Å². The number of halogens is 2. The van der Waals surface area contributed by atoms with Crippen LogP contribution >= 0.6 is 22.6 Å². The number of rotatable bonds is 3. The monoisotopic (exact) mass is 372 g/mol. The molecule has 1 atom stereocenters. The lowest BCUT2D eigenvalue weighted by Crippen LogP contribution is -2.05.